The SMILES string of the molecule is COc1ccc(S(=O)(=O)NC(Cc2ccccc2)C(=O)NC(C)(C)C)cc1Cl. The first-order valence-electron chi connectivity index (χ1n) is 8.73. The predicted molar refractivity (Wildman–Crippen MR) is 110 cm³/mol. The molecule has 0 bridgehead atoms. The Labute approximate surface area is 171 Å². The Morgan fingerprint density at radius 2 is 1.79 bits per heavy atom. The molecule has 0 heterocycles. The zero-order chi connectivity index (χ0) is 20.9. The van der Waals surface area contributed by atoms with E-state index in [9.17, 15) is 13.2 Å². The van der Waals surface area contributed by atoms with E-state index in [1.54, 1.807) is 0 Å². The van der Waals surface area contributed by atoms with E-state index in [1.165, 1.54) is 25.3 Å². The second kappa shape index (κ2) is 8.94. The number of carbonyl (C=O) groups is 1. The normalized spacial score (nSPS) is 13.0. The number of sulfonamides is 1. The van der Waals surface area contributed by atoms with Gasteiger partial charge in [0.25, 0.3) is 0 Å². The van der Waals surface area contributed by atoms with Gasteiger partial charge in [-0.15, -0.1) is 0 Å². The molecule has 1 amide bonds. The standard InChI is InChI=1S/C20H25ClN2O4S/c1-20(2,3)22-19(24)17(12-14-8-6-5-7-9-14)23-28(25,26)15-10-11-18(27-4)16(21)13-15/h5-11,13,17,23H,12H2,1-4H3,(H,22,24). The molecular weight excluding hydrogens is 400 g/mol. The third kappa shape index (κ3) is 6.22. The van der Waals surface area contributed by atoms with E-state index >= 15 is 0 Å². The Morgan fingerprint density at radius 1 is 1.14 bits per heavy atom. The minimum absolute atomic E-state index is 0.0417. The van der Waals surface area contributed by atoms with Crippen LogP contribution in [-0.4, -0.2) is 33.0 Å². The van der Waals surface area contributed by atoms with Gasteiger partial charge in [0.2, 0.25) is 15.9 Å². The molecule has 2 aromatic carbocycles. The highest BCUT2D eigenvalue weighted by atomic mass is 35.5. The van der Waals surface area contributed by atoms with Crippen LogP contribution in [-0.2, 0) is 21.2 Å². The van der Waals surface area contributed by atoms with Gasteiger partial charge in [-0.25, -0.2) is 8.42 Å². The molecule has 2 aromatic rings. The van der Waals surface area contributed by atoms with E-state index in [-0.39, 0.29) is 16.3 Å². The van der Waals surface area contributed by atoms with Gasteiger partial charge in [0.15, 0.2) is 0 Å². The lowest BCUT2D eigenvalue weighted by atomic mass is 10.0. The Bertz CT molecular complexity index is 925. The summed E-state index contributed by atoms with van der Waals surface area (Å²) in [6.45, 7) is 5.51. The van der Waals surface area contributed by atoms with Crippen LogP contribution in [0.2, 0.25) is 5.02 Å². The third-order valence-electron chi connectivity index (χ3n) is 3.83. The van der Waals surface area contributed by atoms with Crippen LogP contribution in [0.3, 0.4) is 0 Å². The Kier molecular flexibility index (Phi) is 7.09. The fourth-order valence-corrected chi connectivity index (χ4v) is 4.11. The molecule has 8 heteroatoms. The fraction of sp³-hybridized carbons (Fsp3) is 0.350. The van der Waals surface area contributed by atoms with Crippen LogP contribution < -0.4 is 14.8 Å². The molecule has 0 saturated carbocycles. The average molecular weight is 425 g/mol. The molecule has 0 fully saturated rings. The Hall–Kier alpha value is -2.09. The maximum atomic E-state index is 12.9. The van der Waals surface area contributed by atoms with E-state index in [4.69, 9.17) is 16.3 Å². The van der Waals surface area contributed by atoms with Crippen molar-refractivity contribution in [3.8, 4) is 5.75 Å². The zero-order valence-electron chi connectivity index (χ0n) is 16.3. The van der Waals surface area contributed by atoms with E-state index in [2.05, 4.69) is 10.0 Å². The van der Waals surface area contributed by atoms with Crippen LogP contribution in [0, 0.1) is 0 Å². The van der Waals surface area contributed by atoms with Crippen molar-refractivity contribution < 1.29 is 17.9 Å². The highest BCUT2D eigenvalue weighted by molar-refractivity contribution is 7.89. The highest BCUT2D eigenvalue weighted by Gasteiger charge is 2.28. The largest absolute Gasteiger partial charge is 0.495 e. The van der Waals surface area contributed by atoms with Crippen molar-refractivity contribution in [3.05, 3.63) is 59.1 Å². The molecule has 0 radical (unpaired) electrons. The third-order valence-corrected chi connectivity index (χ3v) is 5.59. The molecular formula is C20H25ClN2O4S. The smallest absolute Gasteiger partial charge is 0.241 e. The van der Waals surface area contributed by atoms with Crippen molar-refractivity contribution in [2.75, 3.05) is 7.11 Å². The molecule has 0 aliphatic heterocycles. The van der Waals surface area contributed by atoms with Gasteiger partial charge in [0.1, 0.15) is 11.8 Å². The lowest BCUT2D eigenvalue weighted by Gasteiger charge is -2.25. The average Bonchev–Trinajstić information content (AvgIpc) is 2.60. The molecule has 0 aliphatic rings. The van der Waals surface area contributed by atoms with Gasteiger partial charge >= 0.3 is 0 Å². The number of hydrogen-bond acceptors (Lipinski definition) is 4. The summed E-state index contributed by atoms with van der Waals surface area (Å²) in [7, 11) is -2.53. The molecule has 0 spiro atoms. The zero-order valence-corrected chi connectivity index (χ0v) is 17.9. The van der Waals surface area contributed by atoms with Crippen molar-refractivity contribution in [3.63, 3.8) is 0 Å². The summed E-state index contributed by atoms with van der Waals surface area (Å²) < 4.78 is 33.3. The topological polar surface area (TPSA) is 84.5 Å². The van der Waals surface area contributed by atoms with Crippen molar-refractivity contribution in [2.24, 2.45) is 0 Å². The molecule has 0 aromatic heterocycles. The van der Waals surface area contributed by atoms with Crippen LogP contribution in [0.5, 0.6) is 5.75 Å². The number of halogens is 1. The molecule has 0 saturated heterocycles. The summed E-state index contributed by atoms with van der Waals surface area (Å²) in [6.07, 6.45) is 0.214. The Balaban J connectivity index is 2.31. The molecule has 1 atom stereocenters. The minimum Gasteiger partial charge on any atom is -0.495 e. The highest BCUT2D eigenvalue weighted by Crippen LogP contribution is 2.27. The number of carbonyl (C=O) groups excluding carboxylic acids is 1. The summed E-state index contributed by atoms with van der Waals surface area (Å²) >= 11 is 6.06. The molecule has 152 valence electrons. The van der Waals surface area contributed by atoms with Crippen molar-refractivity contribution in [1.82, 2.24) is 10.0 Å². The summed E-state index contributed by atoms with van der Waals surface area (Å²) in [6, 6.07) is 12.4. The van der Waals surface area contributed by atoms with Crippen molar-refractivity contribution >= 4 is 27.5 Å². The second-order valence-corrected chi connectivity index (χ2v) is 9.52. The number of benzene rings is 2. The van der Waals surface area contributed by atoms with Crippen LogP contribution in [0.15, 0.2) is 53.4 Å². The summed E-state index contributed by atoms with van der Waals surface area (Å²) in [5, 5.41) is 3.00. The van der Waals surface area contributed by atoms with Crippen LogP contribution >= 0.6 is 11.6 Å². The number of hydrogen-bond donors (Lipinski definition) is 2. The lowest BCUT2D eigenvalue weighted by Crippen LogP contribution is -2.52. The van der Waals surface area contributed by atoms with Gasteiger partial charge in [-0.05, 0) is 51.0 Å². The minimum atomic E-state index is -3.98. The summed E-state index contributed by atoms with van der Waals surface area (Å²) in [5.74, 6) is -0.0357. The summed E-state index contributed by atoms with van der Waals surface area (Å²) in [5.41, 5.74) is 0.341. The van der Waals surface area contributed by atoms with Gasteiger partial charge in [-0.1, -0.05) is 41.9 Å². The Morgan fingerprint density at radius 3 is 2.32 bits per heavy atom. The molecule has 0 aliphatic carbocycles. The second-order valence-electron chi connectivity index (χ2n) is 7.40. The van der Waals surface area contributed by atoms with Gasteiger partial charge in [0, 0.05) is 5.54 Å². The molecule has 28 heavy (non-hydrogen) atoms. The number of rotatable bonds is 7. The van der Waals surface area contributed by atoms with E-state index in [1.807, 2.05) is 51.1 Å². The number of ether oxygens (including phenoxy) is 1. The molecule has 2 N–H and O–H groups in total. The van der Waals surface area contributed by atoms with Crippen LogP contribution in [0.25, 0.3) is 0 Å². The molecule has 6 nitrogen and oxygen atoms in total. The predicted octanol–water partition coefficient (Wildman–Crippen LogP) is 3.15. The molecule has 2 rings (SSSR count). The van der Waals surface area contributed by atoms with Crippen LogP contribution in [0.4, 0.5) is 0 Å². The fourth-order valence-electron chi connectivity index (χ4n) is 2.56. The van der Waals surface area contributed by atoms with Gasteiger partial charge in [0.05, 0.1) is 17.0 Å². The number of nitrogens with one attached hydrogen (secondary N) is 2. The van der Waals surface area contributed by atoms with E-state index < -0.39 is 27.5 Å². The van der Waals surface area contributed by atoms with E-state index in [0.717, 1.165) is 5.56 Å². The first kappa shape index (κ1) is 22.2. The van der Waals surface area contributed by atoms with Gasteiger partial charge in [-0.3, -0.25) is 4.79 Å². The first-order chi connectivity index (χ1) is 13.0. The summed E-state index contributed by atoms with van der Waals surface area (Å²) in [4.78, 5) is 12.7. The number of amides is 1. The maximum absolute atomic E-state index is 12.9. The molecule has 1 unspecified atom stereocenters. The number of methoxy groups -OCH3 is 1. The quantitative estimate of drug-likeness (QED) is 0.715. The van der Waals surface area contributed by atoms with Crippen LogP contribution in [0.1, 0.15) is 26.3 Å². The van der Waals surface area contributed by atoms with E-state index in [0.29, 0.717) is 5.75 Å². The van der Waals surface area contributed by atoms with Crippen molar-refractivity contribution in [2.45, 2.75) is 43.7 Å². The maximum Gasteiger partial charge on any atom is 0.241 e. The van der Waals surface area contributed by atoms with Gasteiger partial charge in [-0.2, -0.15) is 4.72 Å². The lowest BCUT2D eigenvalue weighted by molar-refractivity contribution is -0.124. The van der Waals surface area contributed by atoms with Crippen molar-refractivity contribution in [1.29, 1.82) is 0 Å². The van der Waals surface area contributed by atoms with Gasteiger partial charge < -0.3 is 10.1 Å². The first-order valence-corrected chi connectivity index (χ1v) is 10.6. The monoisotopic (exact) mass is 424 g/mol.